The number of ether oxygens (including phenoxy) is 1. The fraction of sp³-hybridized carbons (Fsp3) is 0.333. The number of aromatic nitrogens is 1. The van der Waals surface area contributed by atoms with Crippen LogP contribution in [-0.2, 0) is 7.05 Å². The van der Waals surface area contributed by atoms with Crippen LogP contribution < -0.4 is 4.74 Å². The Hall–Kier alpha value is -1.58. The number of rotatable bonds is 1. The zero-order chi connectivity index (χ0) is 12.0. The molecule has 0 radical (unpaired) electrons. The Morgan fingerprint density at radius 2 is 1.88 bits per heavy atom. The summed E-state index contributed by atoms with van der Waals surface area (Å²) in [5, 5.41) is 0.303. The quantitative estimate of drug-likeness (QED) is 0.727. The molecule has 1 aromatic carbocycles. The fourth-order valence-corrected chi connectivity index (χ4v) is 2.01. The molecule has 2 aromatic rings. The van der Waals surface area contributed by atoms with Gasteiger partial charge in [0.25, 0.3) is 0 Å². The van der Waals surface area contributed by atoms with Gasteiger partial charge in [0, 0.05) is 24.2 Å². The normalized spacial score (nSPS) is 11.1. The van der Waals surface area contributed by atoms with E-state index in [0.29, 0.717) is 5.39 Å². The van der Waals surface area contributed by atoms with Gasteiger partial charge in [-0.3, -0.25) is 0 Å². The third-order valence-corrected chi connectivity index (χ3v) is 3.13. The number of aryl methyl sites for hydroxylation is 2. The summed E-state index contributed by atoms with van der Waals surface area (Å²) in [7, 11) is 3.05. The topological polar surface area (TPSA) is 14.2 Å². The van der Waals surface area contributed by atoms with Gasteiger partial charge in [-0.2, -0.15) is 0 Å². The molecule has 0 aliphatic carbocycles. The lowest BCUT2D eigenvalue weighted by atomic mass is 10.1. The summed E-state index contributed by atoms with van der Waals surface area (Å²) in [6, 6.07) is 1.08. The lowest BCUT2D eigenvalue weighted by molar-refractivity contribution is 0.385. The summed E-state index contributed by atoms with van der Waals surface area (Å²) in [5.41, 5.74) is 1.88. The van der Waals surface area contributed by atoms with Gasteiger partial charge in [0.05, 0.1) is 12.6 Å². The van der Waals surface area contributed by atoms with Crippen molar-refractivity contribution in [3.8, 4) is 5.75 Å². The minimum absolute atomic E-state index is 0.0568. The van der Waals surface area contributed by atoms with Crippen LogP contribution >= 0.6 is 0 Å². The Labute approximate surface area is 92.4 Å². The minimum Gasteiger partial charge on any atom is -0.494 e. The monoisotopic (exact) mass is 225 g/mol. The van der Waals surface area contributed by atoms with E-state index in [-0.39, 0.29) is 11.3 Å². The Balaban J connectivity index is 3.02. The maximum atomic E-state index is 14.0. The van der Waals surface area contributed by atoms with Crippen molar-refractivity contribution in [1.29, 1.82) is 0 Å². The maximum Gasteiger partial charge on any atom is 0.174 e. The Kier molecular flexibility index (Phi) is 2.37. The van der Waals surface area contributed by atoms with Crippen molar-refractivity contribution in [2.24, 2.45) is 7.05 Å². The second kappa shape index (κ2) is 3.47. The van der Waals surface area contributed by atoms with Crippen LogP contribution in [0.1, 0.15) is 11.3 Å². The van der Waals surface area contributed by atoms with Crippen LogP contribution in [0.4, 0.5) is 8.78 Å². The van der Waals surface area contributed by atoms with Crippen molar-refractivity contribution >= 4 is 10.9 Å². The van der Waals surface area contributed by atoms with Gasteiger partial charge in [0.1, 0.15) is 0 Å². The maximum absolute atomic E-state index is 14.0. The van der Waals surface area contributed by atoms with Crippen molar-refractivity contribution in [2.45, 2.75) is 13.8 Å². The first-order valence-electron chi connectivity index (χ1n) is 4.96. The number of methoxy groups -OCH3 is 1. The molecule has 2 rings (SSSR count). The predicted octanol–water partition coefficient (Wildman–Crippen LogP) is 3.08. The molecule has 0 bridgehead atoms. The second-order valence-electron chi connectivity index (χ2n) is 3.87. The van der Waals surface area contributed by atoms with Gasteiger partial charge in [-0.05, 0) is 19.4 Å². The summed E-state index contributed by atoms with van der Waals surface area (Å²) in [4.78, 5) is 0. The van der Waals surface area contributed by atoms with Crippen LogP contribution in [0.2, 0.25) is 0 Å². The molecule has 0 spiro atoms. The Morgan fingerprint density at radius 1 is 1.25 bits per heavy atom. The molecule has 0 atom stereocenters. The molecule has 86 valence electrons. The number of hydrogen-bond donors (Lipinski definition) is 0. The second-order valence-corrected chi connectivity index (χ2v) is 3.87. The SMILES string of the molecule is COc1cc(F)c2c(c(C)c(C)n2C)c1F. The van der Waals surface area contributed by atoms with Gasteiger partial charge in [0.15, 0.2) is 17.4 Å². The van der Waals surface area contributed by atoms with Gasteiger partial charge >= 0.3 is 0 Å². The number of halogens is 2. The molecule has 2 nitrogen and oxygen atoms in total. The lowest BCUT2D eigenvalue weighted by Gasteiger charge is -2.05. The van der Waals surface area contributed by atoms with E-state index in [1.165, 1.54) is 7.11 Å². The minimum atomic E-state index is -0.500. The van der Waals surface area contributed by atoms with E-state index in [1.54, 1.807) is 18.5 Å². The summed E-state index contributed by atoms with van der Waals surface area (Å²) < 4.78 is 34.3. The van der Waals surface area contributed by atoms with Gasteiger partial charge in [-0.25, -0.2) is 8.78 Å². The van der Waals surface area contributed by atoms with E-state index in [2.05, 4.69) is 0 Å². The molecule has 0 saturated carbocycles. The fourth-order valence-electron chi connectivity index (χ4n) is 2.01. The number of hydrogen-bond acceptors (Lipinski definition) is 1. The van der Waals surface area contributed by atoms with Crippen molar-refractivity contribution in [1.82, 2.24) is 4.57 Å². The highest BCUT2D eigenvalue weighted by Gasteiger charge is 2.20. The van der Waals surface area contributed by atoms with E-state index < -0.39 is 11.6 Å². The highest BCUT2D eigenvalue weighted by atomic mass is 19.1. The average molecular weight is 225 g/mol. The largest absolute Gasteiger partial charge is 0.494 e. The molecule has 0 amide bonds. The molecule has 0 aliphatic heterocycles. The van der Waals surface area contributed by atoms with E-state index in [1.807, 2.05) is 6.92 Å². The summed E-state index contributed by atoms with van der Waals surface area (Å²) in [6.45, 7) is 3.61. The first-order chi connectivity index (χ1) is 7.49. The molecule has 0 saturated heterocycles. The van der Waals surface area contributed by atoms with Crippen LogP contribution in [-0.4, -0.2) is 11.7 Å². The molecular weight excluding hydrogens is 212 g/mol. The van der Waals surface area contributed by atoms with Crippen LogP contribution in [0.15, 0.2) is 6.07 Å². The highest BCUT2D eigenvalue weighted by molar-refractivity contribution is 5.87. The summed E-state index contributed by atoms with van der Waals surface area (Å²) in [6.07, 6.45) is 0. The van der Waals surface area contributed by atoms with Gasteiger partial charge < -0.3 is 9.30 Å². The smallest absolute Gasteiger partial charge is 0.174 e. The average Bonchev–Trinajstić information content (AvgIpc) is 2.49. The molecule has 0 N–H and O–H groups in total. The van der Waals surface area contributed by atoms with Gasteiger partial charge in [-0.15, -0.1) is 0 Å². The van der Waals surface area contributed by atoms with Crippen LogP contribution in [0.3, 0.4) is 0 Å². The van der Waals surface area contributed by atoms with Crippen LogP contribution in [0.5, 0.6) is 5.75 Å². The first-order valence-corrected chi connectivity index (χ1v) is 4.96. The number of benzene rings is 1. The molecule has 4 heteroatoms. The zero-order valence-electron chi connectivity index (χ0n) is 9.69. The predicted molar refractivity (Wildman–Crippen MR) is 58.9 cm³/mol. The molecular formula is C12H13F2NO. The Morgan fingerprint density at radius 3 is 2.44 bits per heavy atom. The van der Waals surface area contributed by atoms with Gasteiger partial charge in [-0.1, -0.05) is 0 Å². The van der Waals surface area contributed by atoms with Crippen LogP contribution in [0.25, 0.3) is 10.9 Å². The van der Waals surface area contributed by atoms with Crippen molar-refractivity contribution in [2.75, 3.05) is 7.11 Å². The molecule has 0 aliphatic rings. The summed E-state index contributed by atoms with van der Waals surface area (Å²) in [5.74, 6) is -1.02. The molecule has 0 fully saturated rings. The van der Waals surface area contributed by atoms with Crippen molar-refractivity contribution < 1.29 is 13.5 Å². The number of nitrogens with zero attached hydrogens (tertiary/aromatic N) is 1. The standard InChI is InChI=1S/C12H13F2NO/c1-6-7(2)15(3)12-8(13)5-9(16-4)11(14)10(6)12/h5H,1-4H3. The van der Waals surface area contributed by atoms with E-state index in [0.717, 1.165) is 17.3 Å². The third kappa shape index (κ3) is 1.22. The first kappa shape index (κ1) is 10.9. The van der Waals surface area contributed by atoms with Gasteiger partial charge in [0.2, 0.25) is 0 Å². The number of fused-ring (bicyclic) bond motifs is 1. The van der Waals surface area contributed by atoms with E-state index in [4.69, 9.17) is 4.74 Å². The van der Waals surface area contributed by atoms with Crippen molar-refractivity contribution in [3.05, 3.63) is 29.0 Å². The molecule has 1 aromatic heterocycles. The third-order valence-electron chi connectivity index (χ3n) is 3.13. The molecule has 16 heavy (non-hydrogen) atoms. The van der Waals surface area contributed by atoms with E-state index in [9.17, 15) is 8.78 Å². The summed E-state index contributed by atoms with van der Waals surface area (Å²) >= 11 is 0. The van der Waals surface area contributed by atoms with E-state index >= 15 is 0 Å². The molecule has 0 unspecified atom stereocenters. The van der Waals surface area contributed by atoms with Crippen molar-refractivity contribution in [3.63, 3.8) is 0 Å². The highest BCUT2D eigenvalue weighted by Crippen LogP contribution is 2.33. The molecule has 1 heterocycles. The lowest BCUT2D eigenvalue weighted by Crippen LogP contribution is -1.95. The zero-order valence-corrected chi connectivity index (χ0v) is 9.69. The Bertz CT molecular complexity index is 572. The van der Waals surface area contributed by atoms with Crippen LogP contribution in [0, 0.1) is 25.5 Å².